The zero-order chi connectivity index (χ0) is 18.7. The highest BCUT2D eigenvalue weighted by molar-refractivity contribution is 7.21. The number of nitrogens with one attached hydrogen (secondary N) is 1. The third-order valence-electron chi connectivity index (χ3n) is 5.20. The number of carbonyl (C=O) groups is 2. The molecule has 8 heteroatoms. The van der Waals surface area contributed by atoms with Gasteiger partial charge in [-0.05, 0) is 31.1 Å². The molecule has 1 fully saturated rings. The van der Waals surface area contributed by atoms with E-state index < -0.39 is 0 Å². The lowest BCUT2D eigenvalue weighted by Gasteiger charge is -2.33. The summed E-state index contributed by atoms with van der Waals surface area (Å²) in [7, 11) is 3.93. The monoisotopic (exact) mass is 381 g/mol. The molecule has 2 aromatic rings. The van der Waals surface area contributed by atoms with Crippen LogP contribution in [0.1, 0.15) is 22.5 Å². The van der Waals surface area contributed by atoms with Crippen LogP contribution in [-0.2, 0) is 0 Å². The molecule has 7 nitrogen and oxygen atoms in total. The number of likely N-dealkylation sites (N-methyl/N-ethyl adjacent to an activating group) is 1. The van der Waals surface area contributed by atoms with Crippen molar-refractivity contribution in [1.29, 1.82) is 0 Å². The Balaban J connectivity index is 1.60. The van der Waals surface area contributed by atoms with E-state index in [0.29, 0.717) is 10.6 Å². The van der Waals surface area contributed by atoms with Crippen molar-refractivity contribution in [1.82, 2.24) is 14.8 Å². The van der Waals surface area contributed by atoms with E-state index >= 15 is 0 Å². The molecule has 3 amide bonds. The second kappa shape index (κ2) is 5.82. The molecule has 5 rings (SSSR count). The Morgan fingerprint density at radius 2 is 2.00 bits per heavy atom. The fourth-order valence-corrected chi connectivity index (χ4v) is 4.82. The topological polar surface area (TPSA) is 68.8 Å². The molecular weight excluding hydrogens is 362 g/mol. The summed E-state index contributed by atoms with van der Waals surface area (Å²) < 4.78 is 0. The Morgan fingerprint density at radius 3 is 2.70 bits per heavy atom. The Morgan fingerprint density at radius 1 is 1.26 bits per heavy atom. The number of anilines is 2. The summed E-state index contributed by atoms with van der Waals surface area (Å²) in [5.41, 5.74) is 3.26. The lowest BCUT2D eigenvalue weighted by atomic mass is 10.1. The number of likely N-dealkylation sites (tertiary alicyclic amines) is 1. The van der Waals surface area contributed by atoms with E-state index in [1.165, 1.54) is 11.3 Å². The molecule has 0 aromatic carbocycles. The lowest BCUT2D eigenvalue weighted by molar-refractivity contribution is 0.0798. The van der Waals surface area contributed by atoms with Crippen LogP contribution in [0.15, 0.2) is 35.8 Å². The molecule has 0 radical (unpaired) electrons. The van der Waals surface area contributed by atoms with Gasteiger partial charge in [0.1, 0.15) is 9.71 Å². The van der Waals surface area contributed by atoms with Crippen LogP contribution < -0.4 is 10.2 Å². The lowest BCUT2D eigenvalue weighted by Crippen LogP contribution is -2.39. The van der Waals surface area contributed by atoms with Gasteiger partial charge >= 0.3 is 6.03 Å². The van der Waals surface area contributed by atoms with E-state index in [-0.39, 0.29) is 11.9 Å². The molecule has 1 aliphatic carbocycles. The first-order valence-corrected chi connectivity index (χ1v) is 9.79. The average Bonchev–Trinajstić information content (AvgIpc) is 3.24. The number of hydrogen-bond donors (Lipinski definition) is 1. The molecule has 1 saturated heterocycles. The maximum atomic E-state index is 13.0. The van der Waals surface area contributed by atoms with Crippen molar-refractivity contribution in [2.24, 2.45) is 0 Å². The van der Waals surface area contributed by atoms with Crippen LogP contribution in [0.3, 0.4) is 0 Å². The van der Waals surface area contributed by atoms with E-state index in [0.717, 1.165) is 53.2 Å². The van der Waals surface area contributed by atoms with E-state index in [1.807, 2.05) is 42.1 Å². The average molecular weight is 381 g/mol. The number of amides is 3. The van der Waals surface area contributed by atoms with Gasteiger partial charge < -0.3 is 15.1 Å². The Kier molecular flexibility index (Phi) is 3.51. The minimum Gasteiger partial charge on any atom is -0.378 e. The van der Waals surface area contributed by atoms with Gasteiger partial charge in [-0.3, -0.25) is 9.69 Å². The smallest absolute Gasteiger partial charge is 0.331 e. The Bertz CT molecular complexity index is 1050. The maximum Gasteiger partial charge on any atom is 0.331 e. The van der Waals surface area contributed by atoms with Crippen LogP contribution in [0.25, 0.3) is 10.2 Å². The number of hydrogen-bond acceptors (Lipinski definition) is 5. The van der Waals surface area contributed by atoms with Crippen molar-refractivity contribution >= 4 is 44.9 Å². The second-order valence-corrected chi connectivity index (χ2v) is 8.11. The van der Waals surface area contributed by atoms with E-state index in [9.17, 15) is 9.59 Å². The highest BCUT2D eigenvalue weighted by Gasteiger charge is 2.35. The molecule has 2 aliphatic heterocycles. The van der Waals surface area contributed by atoms with Crippen LogP contribution >= 0.6 is 11.3 Å². The molecule has 0 unspecified atom stereocenters. The minimum absolute atomic E-state index is 0.0113. The first-order chi connectivity index (χ1) is 13.0. The standard InChI is InChI=1S/C19H19N5O2S/c1-22(2)11-9-12(10-11)24-13-5-6-20-17-14(13)15(21-19(24)26)16(27-17)18(25)23-7-3-4-8-23/h5-6,9-10H,3-4,7-8H2,1-2H3,(H,21,26). The van der Waals surface area contributed by atoms with Crippen molar-refractivity contribution < 1.29 is 9.59 Å². The summed E-state index contributed by atoms with van der Waals surface area (Å²) in [5.74, 6) is -0.0113. The van der Waals surface area contributed by atoms with Gasteiger partial charge in [0.2, 0.25) is 0 Å². The summed E-state index contributed by atoms with van der Waals surface area (Å²) in [6, 6.07) is 1.59. The van der Waals surface area contributed by atoms with Crippen LogP contribution in [0.4, 0.5) is 16.2 Å². The molecule has 1 N–H and O–H groups in total. The summed E-state index contributed by atoms with van der Waals surface area (Å²) >= 11 is 1.36. The highest BCUT2D eigenvalue weighted by Crippen LogP contribution is 2.46. The number of rotatable bonds is 3. The van der Waals surface area contributed by atoms with E-state index in [4.69, 9.17) is 0 Å². The zero-order valence-corrected chi connectivity index (χ0v) is 16.0. The van der Waals surface area contributed by atoms with Crippen LogP contribution in [0, 0.1) is 0 Å². The molecule has 3 aliphatic rings. The van der Waals surface area contributed by atoms with Crippen LogP contribution in [0.5, 0.6) is 0 Å². The van der Waals surface area contributed by atoms with Gasteiger partial charge in [0.05, 0.1) is 22.5 Å². The number of nitrogens with zero attached hydrogens (tertiary/aromatic N) is 4. The Labute approximate surface area is 160 Å². The van der Waals surface area contributed by atoms with Crippen molar-refractivity contribution in [2.45, 2.75) is 12.8 Å². The molecule has 4 heterocycles. The third-order valence-corrected chi connectivity index (χ3v) is 6.29. The maximum absolute atomic E-state index is 13.0. The number of thiophene rings is 1. The van der Waals surface area contributed by atoms with Gasteiger partial charge in [0.25, 0.3) is 5.91 Å². The number of aromatic nitrogens is 1. The molecule has 0 saturated carbocycles. The van der Waals surface area contributed by atoms with Gasteiger partial charge in [-0.25, -0.2) is 9.78 Å². The third kappa shape index (κ3) is 2.36. The number of pyridine rings is 1. The molecule has 27 heavy (non-hydrogen) atoms. The highest BCUT2D eigenvalue weighted by atomic mass is 32.1. The zero-order valence-electron chi connectivity index (χ0n) is 15.2. The van der Waals surface area contributed by atoms with Crippen LogP contribution in [-0.4, -0.2) is 53.9 Å². The predicted molar refractivity (Wildman–Crippen MR) is 106 cm³/mol. The minimum atomic E-state index is -0.246. The molecule has 0 atom stereocenters. The molecular formula is C19H19N5O2S. The number of allylic oxidation sites excluding steroid dienone is 2. The summed E-state index contributed by atoms with van der Waals surface area (Å²) in [6.45, 7) is 1.55. The van der Waals surface area contributed by atoms with Gasteiger partial charge in [0.15, 0.2) is 0 Å². The van der Waals surface area contributed by atoms with Crippen molar-refractivity contribution in [3.63, 3.8) is 0 Å². The summed E-state index contributed by atoms with van der Waals surface area (Å²) in [4.78, 5) is 37.2. The first kappa shape index (κ1) is 16.3. The molecule has 138 valence electrons. The fourth-order valence-electron chi connectivity index (χ4n) is 3.73. The van der Waals surface area contributed by atoms with Crippen LogP contribution in [0.2, 0.25) is 0 Å². The largest absolute Gasteiger partial charge is 0.378 e. The van der Waals surface area contributed by atoms with E-state index in [1.54, 1.807) is 11.1 Å². The fraction of sp³-hybridized carbons (Fsp3) is 0.316. The summed E-state index contributed by atoms with van der Waals surface area (Å²) in [5, 5.41) is 3.79. The van der Waals surface area contributed by atoms with Crippen molar-refractivity contribution in [3.05, 3.63) is 40.7 Å². The van der Waals surface area contributed by atoms with Gasteiger partial charge in [-0.2, -0.15) is 0 Å². The molecule has 0 bridgehead atoms. The first-order valence-electron chi connectivity index (χ1n) is 8.97. The van der Waals surface area contributed by atoms with Crippen molar-refractivity contribution in [2.75, 3.05) is 37.4 Å². The van der Waals surface area contributed by atoms with Gasteiger partial charge in [0, 0.05) is 39.1 Å². The normalized spacial score (nSPS) is 18.2. The summed E-state index contributed by atoms with van der Waals surface area (Å²) in [6.07, 6.45) is 7.71. The number of urea groups is 1. The quantitative estimate of drug-likeness (QED) is 0.886. The Hall–Kier alpha value is -2.87. The second-order valence-electron chi connectivity index (χ2n) is 7.11. The predicted octanol–water partition coefficient (Wildman–Crippen LogP) is 3.23. The van der Waals surface area contributed by atoms with E-state index in [2.05, 4.69) is 10.3 Å². The molecule has 0 spiro atoms. The molecule has 2 aromatic heterocycles. The van der Waals surface area contributed by atoms with Gasteiger partial charge in [-0.15, -0.1) is 11.3 Å². The number of carbonyl (C=O) groups excluding carboxylic acids is 2. The SMILES string of the molecule is CN(C)C1=CC(N2C(=O)Nc3c(C(=O)N4CCCC4)sc4nccc2c34)=C1. The van der Waals surface area contributed by atoms with Gasteiger partial charge in [-0.1, -0.05) is 0 Å². The van der Waals surface area contributed by atoms with Crippen molar-refractivity contribution in [3.8, 4) is 0 Å².